The average Bonchev–Trinajstić information content (AvgIpc) is 3.18. The summed E-state index contributed by atoms with van der Waals surface area (Å²) < 4.78 is 11.0. The van der Waals surface area contributed by atoms with Crippen molar-refractivity contribution in [3.05, 3.63) is 41.7 Å². The molecular weight excluding hydrogens is 324 g/mol. The largest absolute Gasteiger partial charge is 0.476 e. The molecule has 1 atom stereocenters. The van der Waals surface area contributed by atoms with Crippen molar-refractivity contribution in [2.75, 3.05) is 26.2 Å². The van der Waals surface area contributed by atoms with E-state index in [1.165, 1.54) is 6.26 Å². The van der Waals surface area contributed by atoms with Gasteiger partial charge in [-0.1, -0.05) is 6.07 Å². The Hall–Kier alpha value is -2.45. The highest BCUT2D eigenvalue weighted by Crippen LogP contribution is 2.21. The number of ether oxygens (including phenoxy) is 1. The molecule has 1 saturated heterocycles. The van der Waals surface area contributed by atoms with E-state index in [-0.39, 0.29) is 12.0 Å². The number of pyridine rings is 1. The Kier molecular flexibility index (Phi) is 4.37. The lowest BCUT2D eigenvalue weighted by atomic mass is 10.2. The summed E-state index contributed by atoms with van der Waals surface area (Å²) in [4.78, 5) is 25.0. The number of aliphatic hydroxyl groups is 1. The second kappa shape index (κ2) is 6.81. The van der Waals surface area contributed by atoms with Gasteiger partial charge in [0, 0.05) is 24.8 Å². The van der Waals surface area contributed by atoms with Gasteiger partial charge in [0.15, 0.2) is 5.69 Å². The molecule has 1 fully saturated rings. The zero-order valence-electron chi connectivity index (χ0n) is 13.8. The van der Waals surface area contributed by atoms with E-state index in [0.29, 0.717) is 50.3 Å². The van der Waals surface area contributed by atoms with E-state index < -0.39 is 0 Å². The zero-order valence-corrected chi connectivity index (χ0v) is 13.8. The number of hydrogen-bond donors (Lipinski definition) is 1. The first-order chi connectivity index (χ1) is 12.2. The van der Waals surface area contributed by atoms with Crippen LogP contribution in [-0.4, -0.2) is 63.1 Å². The Balaban J connectivity index is 1.44. The smallest absolute Gasteiger partial charge is 0.276 e. The van der Waals surface area contributed by atoms with E-state index in [0.717, 1.165) is 18.5 Å². The lowest BCUT2D eigenvalue weighted by Crippen LogP contribution is -2.32. The van der Waals surface area contributed by atoms with Crippen LogP contribution in [0, 0.1) is 0 Å². The van der Waals surface area contributed by atoms with Crippen molar-refractivity contribution in [2.24, 2.45) is 0 Å². The number of oxazole rings is 1. The molecule has 0 saturated carbocycles. The van der Waals surface area contributed by atoms with E-state index in [4.69, 9.17) is 9.15 Å². The summed E-state index contributed by atoms with van der Waals surface area (Å²) in [5.74, 6) is 0.883. The fourth-order valence-electron chi connectivity index (χ4n) is 3.18. The van der Waals surface area contributed by atoms with E-state index in [9.17, 15) is 9.90 Å². The second-order valence-electron chi connectivity index (χ2n) is 6.35. The summed E-state index contributed by atoms with van der Waals surface area (Å²) in [6.45, 7) is 3.21. The van der Waals surface area contributed by atoms with Gasteiger partial charge >= 0.3 is 0 Å². The number of nitrogens with zero attached hydrogens (tertiary/aromatic N) is 4. The van der Waals surface area contributed by atoms with Crippen molar-refractivity contribution in [1.82, 2.24) is 19.8 Å². The Morgan fingerprint density at radius 3 is 3.16 bits per heavy atom. The van der Waals surface area contributed by atoms with E-state index in [2.05, 4.69) is 14.9 Å². The van der Waals surface area contributed by atoms with Crippen LogP contribution >= 0.6 is 0 Å². The van der Waals surface area contributed by atoms with Gasteiger partial charge in [-0.25, -0.2) is 9.97 Å². The Morgan fingerprint density at radius 1 is 1.40 bits per heavy atom. The summed E-state index contributed by atoms with van der Waals surface area (Å²) in [6, 6.07) is 3.73. The monoisotopic (exact) mass is 344 g/mol. The first-order valence-electron chi connectivity index (χ1n) is 8.40. The minimum Gasteiger partial charge on any atom is -0.476 e. The molecule has 2 aromatic heterocycles. The molecule has 1 N–H and O–H groups in total. The summed E-state index contributed by atoms with van der Waals surface area (Å²) in [5.41, 5.74) is 1.17. The van der Waals surface area contributed by atoms with Crippen LogP contribution in [0.4, 0.5) is 0 Å². The Morgan fingerprint density at radius 2 is 2.32 bits per heavy atom. The normalized spacial score (nSPS) is 20.8. The van der Waals surface area contributed by atoms with Gasteiger partial charge in [0.2, 0.25) is 11.8 Å². The molecule has 8 nitrogen and oxygen atoms in total. The standard InChI is InChI=1S/C17H20N4O4/c22-13-3-5-20(9-13)10-15-19-14(11-25-15)17(23)21-6-7-24-16-12(8-21)2-1-4-18-16/h1-2,4,11,13,22H,3,5-10H2. The molecule has 25 heavy (non-hydrogen) atoms. The average molecular weight is 344 g/mol. The summed E-state index contributed by atoms with van der Waals surface area (Å²) in [6.07, 6.45) is 3.55. The first kappa shape index (κ1) is 16.0. The third kappa shape index (κ3) is 3.49. The quantitative estimate of drug-likeness (QED) is 0.875. The van der Waals surface area contributed by atoms with Crippen molar-refractivity contribution in [3.63, 3.8) is 0 Å². The van der Waals surface area contributed by atoms with Crippen LogP contribution in [0.5, 0.6) is 5.88 Å². The number of likely N-dealkylation sites (tertiary alicyclic amines) is 1. The molecular formula is C17H20N4O4. The molecule has 4 rings (SSSR count). The molecule has 132 valence electrons. The van der Waals surface area contributed by atoms with Gasteiger partial charge in [-0.15, -0.1) is 0 Å². The molecule has 0 spiro atoms. The minimum absolute atomic E-state index is 0.184. The van der Waals surface area contributed by atoms with Crippen LogP contribution < -0.4 is 4.74 Å². The number of fused-ring (bicyclic) bond motifs is 1. The number of amides is 1. The topological polar surface area (TPSA) is 91.9 Å². The number of carbonyl (C=O) groups excluding carboxylic acids is 1. The van der Waals surface area contributed by atoms with Gasteiger partial charge in [-0.05, 0) is 12.5 Å². The third-order valence-electron chi connectivity index (χ3n) is 4.48. The molecule has 0 radical (unpaired) electrons. The molecule has 0 aliphatic carbocycles. The summed E-state index contributed by atoms with van der Waals surface area (Å²) in [5, 5.41) is 9.58. The molecule has 8 heteroatoms. The number of aliphatic hydroxyl groups excluding tert-OH is 1. The van der Waals surface area contributed by atoms with Gasteiger partial charge in [-0.2, -0.15) is 0 Å². The van der Waals surface area contributed by atoms with Crippen molar-refractivity contribution in [3.8, 4) is 5.88 Å². The van der Waals surface area contributed by atoms with Gasteiger partial charge in [0.25, 0.3) is 5.91 Å². The van der Waals surface area contributed by atoms with E-state index in [1.807, 2.05) is 12.1 Å². The molecule has 2 aliphatic rings. The highest BCUT2D eigenvalue weighted by atomic mass is 16.5. The molecule has 4 heterocycles. The first-order valence-corrected chi connectivity index (χ1v) is 8.40. The second-order valence-corrected chi connectivity index (χ2v) is 6.35. The SMILES string of the molecule is O=C(c1coc(CN2CCC(O)C2)n1)N1CCOc2ncccc2C1. The zero-order chi connectivity index (χ0) is 17.2. The number of β-amino-alcohol motifs (C(OH)–C–C–N with tert-alkyl or cyclic N) is 1. The van der Waals surface area contributed by atoms with E-state index in [1.54, 1.807) is 11.1 Å². The van der Waals surface area contributed by atoms with Crippen LogP contribution in [0.15, 0.2) is 29.0 Å². The van der Waals surface area contributed by atoms with Gasteiger partial charge in [0.05, 0.1) is 25.7 Å². The van der Waals surface area contributed by atoms with Crippen molar-refractivity contribution < 1.29 is 19.1 Å². The predicted octanol–water partition coefficient (Wildman–Crippen LogP) is 0.671. The van der Waals surface area contributed by atoms with Crippen molar-refractivity contribution in [1.29, 1.82) is 0 Å². The molecule has 0 bridgehead atoms. The minimum atomic E-state index is -0.290. The molecule has 1 amide bonds. The van der Waals surface area contributed by atoms with Gasteiger partial charge < -0.3 is 19.2 Å². The molecule has 2 aromatic rings. The van der Waals surface area contributed by atoms with Crippen molar-refractivity contribution >= 4 is 5.91 Å². The van der Waals surface area contributed by atoms with Crippen LogP contribution in [0.25, 0.3) is 0 Å². The molecule has 1 unspecified atom stereocenters. The number of aromatic nitrogens is 2. The highest BCUT2D eigenvalue weighted by Gasteiger charge is 2.25. The maximum absolute atomic E-state index is 12.7. The number of carbonyl (C=O) groups is 1. The van der Waals surface area contributed by atoms with Crippen LogP contribution in [-0.2, 0) is 13.1 Å². The molecule has 0 aromatic carbocycles. The fraction of sp³-hybridized carbons (Fsp3) is 0.471. The van der Waals surface area contributed by atoms with Crippen molar-refractivity contribution in [2.45, 2.75) is 25.6 Å². The third-order valence-corrected chi connectivity index (χ3v) is 4.48. The maximum Gasteiger partial charge on any atom is 0.276 e. The fourth-order valence-corrected chi connectivity index (χ4v) is 3.18. The number of hydrogen-bond acceptors (Lipinski definition) is 7. The molecule has 2 aliphatic heterocycles. The van der Waals surface area contributed by atoms with Gasteiger partial charge in [-0.3, -0.25) is 9.69 Å². The highest BCUT2D eigenvalue weighted by molar-refractivity contribution is 5.92. The van der Waals surface area contributed by atoms with E-state index >= 15 is 0 Å². The van der Waals surface area contributed by atoms with Crippen LogP contribution in [0.2, 0.25) is 0 Å². The van der Waals surface area contributed by atoms with Crippen LogP contribution in [0.1, 0.15) is 28.4 Å². The summed E-state index contributed by atoms with van der Waals surface area (Å²) >= 11 is 0. The maximum atomic E-state index is 12.7. The number of rotatable bonds is 3. The lowest BCUT2D eigenvalue weighted by Gasteiger charge is -2.18. The Bertz CT molecular complexity index is 763. The van der Waals surface area contributed by atoms with Gasteiger partial charge in [0.1, 0.15) is 12.9 Å². The Labute approximate surface area is 145 Å². The predicted molar refractivity (Wildman–Crippen MR) is 86.9 cm³/mol. The van der Waals surface area contributed by atoms with Crippen LogP contribution in [0.3, 0.4) is 0 Å². The summed E-state index contributed by atoms with van der Waals surface area (Å²) in [7, 11) is 0. The lowest BCUT2D eigenvalue weighted by molar-refractivity contribution is 0.0726.